The zero-order valence-corrected chi connectivity index (χ0v) is 11.5. The minimum atomic E-state index is 0.544. The van der Waals surface area contributed by atoms with Gasteiger partial charge in [0.15, 0.2) is 5.69 Å². The highest BCUT2D eigenvalue weighted by Gasteiger charge is 2.28. The highest BCUT2D eigenvalue weighted by Crippen LogP contribution is 2.29. The Morgan fingerprint density at radius 2 is 1.86 bits per heavy atom. The van der Waals surface area contributed by atoms with E-state index in [1.54, 1.807) is 0 Å². The first-order chi connectivity index (χ1) is 10.3. The summed E-state index contributed by atoms with van der Waals surface area (Å²) in [5, 5.41) is 12.6. The summed E-state index contributed by atoms with van der Waals surface area (Å²) in [7, 11) is 0. The van der Waals surface area contributed by atoms with E-state index in [4.69, 9.17) is 0 Å². The van der Waals surface area contributed by atoms with Gasteiger partial charge in [0, 0.05) is 16.9 Å². The monoisotopic (exact) mass is 279 g/mol. The maximum Gasteiger partial charge on any atom is 0.262 e. The molecule has 0 unspecified atom stereocenters. The van der Waals surface area contributed by atoms with Gasteiger partial charge in [-0.3, -0.25) is 0 Å². The van der Waals surface area contributed by atoms with E-state index in [1.165, 1.54) is 10.9 Å². The van der Waals surface area contributed by atoms with Gasteiger partial charge in [-0.1, -0.05) is 42.5 Å². The van der Waals surface area contributed by atoms with Crippen molar-refractivity contribution in [1.29, 1.82) is 0 Å². The SMILES string of the molecule is O=[n+]1cc(-c2cccc3ccccc23)n(O)c2c1CCC2. The number of rotatable bonds is 1. The van der Waals surface area contributed by atoms with E-state index in [2.05, 4.69) is 0 Å². The molecule has 2 aromatic carbocycles. The van der Waals surface area contributed by atoms with Crippen LogP contribution in [-0.4, -0.2) is 9.94 Å². The Morgan fingerprint density at radius 1 is 1.05 bits per heavy atom. The van der Waals surface area contributed by atoms with Crippen LogP contribution in [-0.2, 0) is 12.8 Å². The van der Waals surface area contributed by atoms with E-state index in [9.17, 15) is 10.1 Å². The maximum absolute atomic E-state index is 12.2. The van der Waals surface area contributed by atoms with Gasteiger partial charge >= 0.3 is 0 Å². The van der Waals surface area contributed by atoms with Crippen LogP contribution in [0.25, 0.3) is 22.0 Å². The number of hydrogen-bond acceptors (Lipinski definition) is 2. The van der Waals surface area contributed by atoms with Gasteiger partial charge in [-0.15, -0.1) is 0 Å². The number of nitrogens with zero attached hydrogens (tertiary/aromatic N) is 2. The lowest BCUT2D eigenvalue weighted by atomic mass is 10.0. The van der Waals surface area contributed by atoms with E-state index >= 15 is 0 Å². The van der Waals surface area contributed by atoms with Gasteiger partial charge in [-0.25, -0.2) is 0 Å². The lowest BCUT2D eigenvalue weighted by molar-refractivity contribution is -0.505. The molecule has 4 nitrogen and oxygen atoms in total. The van der Waals surface area contributed by atoms with E-state index in [0.29, 0.717) is 11.4 Å². The number of fused-ring (bicyclic) bond motifs is 2. The molecule has 0 spiro atoms. The molecule has 0 fully saturated rings. The fourth-order valence-corrected chi connectivity index (χ4v) is 3.20. The molecular formula is C17H15N2O2+. The molecule has 0 amide bonds. The smallest absolute Gasteiger partial charge is 0.262 e. The van der Waals surface area contributed by atoms with Gasteiger partial charge in [0.05, 0.1) is 4.43 Å². The summed E-state index contributed by atoms with van der Waals surface area (Å²) >= 11 is 0. The van der Waals surface area contributed by atoms with Crippen molar-refractivity contribution in [2.45, 2.75) is 19.3 Å². The molecule has 0 bridgehead atoms. The van der Waals surface area contributed by atoms with Crippen molar-refractivity contribution in [2.75, 3.05) is 0 Å². The molecule has 0 atom stereocenters. The predicted octanol–water partition coefficient (Wildman–Crippen LogP) is 2.95. The van der Waals surface area contributed by atoms with E-state index in [0.717, 1.165) is 45.7 Å². The Balaban J connectivity index is 2.06. The average Bonchev–Trinajstić information content (AvgIpc) is 3.01. The van der Waals surface area contributed by atoms with Crippen LogP contribution >= 0.6 is 0 Å². The van der Waals surface area contributed by atoms with Crippen molar-refractivity contribution < 1.29 is 9.63 Å². The van der Waals surface area contributed by atoms with E-state index < -0.39 is 0 Å². The molecule has 0 aliphatic heterocycles. The lowest BCUT2D eigenvalue weighted by Gasteiger charge is -2.10. The summed E-state index contributed by atoms with van der Waals surface area (Å²) < 4.78 is 2.10. The third-order valence-electron chi connectivity index (χ3n) is 4.22. The molecule has 3 aromatic rings. The van der Waals surface area contributed by atoms with Crippen LogP contribution in [0.15, 0.2) is 48.7 Å². The quantitative estimate of drug-likeness (QED) is 0.550. The van der Waals surface area contributed by atoms with Gasteiger partial charge in [-0.2, -0.15) is 4.73 Å². The Kier molecular flexibility index (Phi) is 2.57. The van der Waals surface area contributed by atoms with Gasteiger partial charge in [0.25, 0.3) is 11.9 Å². The Hall–Kier alpha value is -2.62. The molecule has 0 saturated heterocycles. The summed E-state index contributed by atoms with van der Waals surface area (Å²) in [5.41, 5.74) is 2.83. The van der Waals surface area contributed by atoms with Crippen LogP contribution in [0.5, 0.6) is 0 Å². The summed E-state index contributed by atoms with van der Waals surface area (Å²) in [4.78, 5) is 12.2. The van der Waals surface area contributed by atoms with Crippen molar-refractivity contribution in [3.05, 3.63) is 65.0 Å². The van der Waals surface area contributed by atoms with Gasteiger partial charge in [-0.05, 0) is 23.6 Å². The van der Waals surface area contributed by atoms with Crippen molar-refractivity contribution in [3.8, 4) is 11.3 Å². The molecule has 1 aromatic heterocycles. The standard InChI is InChI=1S/C17H15N2O2/c20-18-11-17(19(21)16-10-4-9-15(16)18)14-8-3-6-12-5-1-2-7-13(12)14/h1-3,5-8,11,21H,4,9-10H2/q+1. The average molecular weight is 279 g/mol. The van der Waals surface area contributed by atoms with Crippen molar-refractivity contribution in [3.63, 3.8) is 0 Å². The number of hydrogen-bond donors (Lipinski definition) is 1. The molecule has 1 aliphatic rings. The molecule has 4 rings (SSSR count). The van der Waals surface area contributed by atoms with Crippen LogP contribution in [0, 0.1) is 4.91 Å². The Morgan fingerprint density at radius 3 is 2.76 bits per heavy atom. The second kappa shape index (κ2) is 4.45. The fourth-order valence-electron chi connectivity index (χ4n) is 3.20. The first-order valence-electron chi connectivity index (χ1n) is 7.13. The van der Waals surface area contributed by atoms with Crippen LogP contribution in [0.4, 0.5) is 0 Å². The zero-order valence-electron chi connectivity index (χ0n) is 11.5. The molecule has 1 heterocycles. The van der Waals surface area contributed by atoms with Crippen molar-refractivity contribution in [2.24, 2.45) is 0 Å². The second-order valence-electron chi connectivity index (χ2n) is 5.43. The van der Waals surface area contributed by atoms with Gasteiger partial charge in [0.1, 0.15) is 5.69 Å². The summed E-state index contributed by atoms with van der Waals surface area (Å²) in [6.07, 6.45) is 3.87. The highest BCUT2D eigenvalue weighted by atomic mass is 16.5. The minimum absolute atomic E-state index is 0.544. The summed E-state index contributed by atoms with van der Waals surface area (Å²) in [6.45, 7) is 0. The molecular weight excluding hydrogens is 264 g/mol. The molecule has 1 aliphatic carbocycles. The summed E-state index contributed by atoms with van der Waals surface area (Å²) in [6, 6.07) is 13.9. The molecule has 0 saturated carbocycles. The lowest BCUT2D eigenvalue weighted by Crippen LogP contribution is -2.25. The minimum Gasteiger partial charge on any atom is -0.428 e. The first kappa shape index (κ1) is 12.1. The van der Waals surface area contributed by atoms with Crippen LogP contribution in [0.3, 0.4) is 0 Å². The Bertz CT molecular complexity index is 907. The Labute approximate surface area is 121 Å². The van der Waals surface area contributed by atoms with Crippen LogP contribution in [0.2, 0.25) is 0 Å². The number of benzene rings is 2. The molecule has 1 N–H and O–H groups in total. The number of aromatic nitrogens is 2. The van der Waals surface area contributed by atoms with E-state index in [-0.39, 0.29) is 0 Å². The molecule has 21 heavy (non-hydrogen) atoms. The zero-order chi connectivity index (χ0) is 14.4. The summed E-state index contributed by atoms with van der Waals surface area (Å²) in [5.74, 6) is 0. The maximum atomic E-state index is 12.2. The second-order valence-corrected chi connectivity index (χ2v) is 5.43. The predicted molar refractivity (Wildman–Crippen MR) is 80.0 cm³/mol. The highest BCUT2D eigenvalue weighted by molar-refractivity contribution is 5.95. The topological polar surface area (TPSA) is 48.1 Å². The fraction of sp³-hybridized carbons (Fsp3) is 0.176. The van der Waals surface area contributed by atoms with Crippen molar-refractivity contribution in [1.82, 2.24) is 4.73 Å². The first-order valence-corrected chi connectivity index (χ1v) is 7.13. The molecule has 0 radical (unpaired) electrons. The normalized spacial score (nSPS) is 13.5. The molecule has 4 heteroatoms. The molecule has 104 valence electrons. The largest absolute Gasteiger partial charge is 0.428 e. The van der Waals surface area contributed by atoms with Crippen molar-refractivity contribution >= 4 is 10.8 Å². The van der Waals surface area contributed by atoms with Crippen LogP contribution in [0.1, 0.15) is 17.8 Å². The van der Waals surface area contributed by atoms with Gasteiger partial charge < -0.3 is 5.21 Å². The van der Waals surface area contributed by atoms with Crippen LogP contribution < -0.4 is 4.43 Å². The van der Waals surface area contributed by atoms with Gasteiger partial charge in [0.2, 0.25) is 0 Å². The third-order valence-corrected chi connectivity index (χ3v) is 4.22. The third kappa shape index (κ3) is 1.76. The van der Waals surface area contributed by atoms with E-state index in [1.807, 2.05) is 42.5 Å².